The number of benzene rings is 3. The monoisotopic (exact) mass is 515 g/mol. The second-order valence-corrected chi connectivity index (χ2v) is 9.39. The van der Waals surface area contributed by atoms with Crippen LogP contribution in [0, 0.1) is 0 Å². The molecule has 1 aliphatic heterocycles. The van der Waals surface area contributed by atoms with Crippen molar-refractivity contribution in [3.63, 3.8) is 0 Å². The summed E-state index contributed by atoms with van der Waals surface area (Å²) in [5.74, 6) is 0.357. The minimum absolute atomic E-state index is 0.261. The maximum Gasteiger partial charge on any atom is 0.326 e. The van der Waals surface area contributed by atoms with E-state index in [0.717, 1.165) is 22.5 Å². The van der Waals surface area contributed by atoms with Crippen LogP contribution in [0.15, 0.2) is 114 Å². The van der Waals surface area contributed by atoms with E-state index in [4.69, 9.17) is 27.6 Å². The molecule has 36 heavy (non-hydrogen) atoms. The summed E-state index contributed by atoms with van der Waals surface area (Å²) in [6, 6.07) is 32.6. The molecular weight excluding hydrogens is 493 g/mol. The predicted octanol–water partition coefficient (Wildman–Crippen LogP) is 7.98. The number of anilines is 1. The minimum atomic E-state index is -0.972. The van der Waals surface area contributed by atoms with Gasteiger partial charge in [-0.25, -0.2) is 4.79 Å². The maximum absolute atomic E-state index is 12.9. The van der Waals surface area contributed by atoms with Gasteiger partial charge in [-0.1, -0.05) is 96.0 Å². The minimum Gasteiger partial charge on any atom is -0.480 e. The Balaban J connectivity index is 1.74. The number of hydrogen-bond donors (Lipinski definition) is 1. The van der Waals surface area contributed by atoms with Crippen LogP contribution in [0.1, 0.15) is 22.9 Å². The first-order valence-corrected chi connectivity index (χ1v) is 12.3. The molecule has 1 heterocycles. The van der Waals surface area contributed by atoms with E-state index in [9.17, 15) is 9.90 Å². The average Bonchev–Trinajstić information content (AvgIpc) is 3.36. The van der Waals surface area contributed by atoms with Crippen LogP contribution in [-0.4, -0.2) is 17.1 Å². The van der Waals surface area contributed by atoms with Crippen molar-refractivity contribution in [2.75, 3.05) is 4.90 Å². The van der Waals surface area contributed by atoms with Gasteiger partial charge < -0.3 is 14.4 Å². The van der Waals surface area contributed by atoms with E-state index in [-0.39, 0.29) is 6.42 Å². The van der Waals surface area contributed by atoms with Crippen molar-refractivity contribution < 1.29 is 14.3 Å². The molecule has 4 nitrogen and oxygen atoms in total. The molecule has 0 spiro atoms. The van der Waals surface area contributed by atoms with Crippen LogP contribution in [0.5, 0.6) is 0 Å². The molecule has 2 aliphatic rings. The van der Waals surface area contributed by atoms with Crippen LogP contribution >= 0.6 is 23.2 Å². The van der Waals surface area contributed by atoms with Crippen LogP contribution in [0.25, 0.3) is 11.3 Å². The smallest absolute Gasteiger partial charge is 0.326 e. The summed E-state index contributed by atoms with van der Waals surface area (Å²) < 4.78 is 6.36. The number of rotatable bonds is 8. The van der Waals surface area contributed by atoms with E-state index in [1.165, 1.54) is 0 Å². The third-order valence-corrected chi connectivity index (χ3v) is 6.74. The van der Waals surface area contributed by atoms with E-state index in [1.54, 1.807) is 18.2 Å². The van der Waals surface area contributed by atoms with Gasteiger partial charge in [0.2, 0.25) is 0 Å². The maximum atomic E-state index is 12.9. The van der Waals surface area contributed by atoms with E-state index in [1.807, 2.05) is 95.9 Å². The highest BCUT2D eigenvalue weighted by molar-refractivity contribution is 6.36. The van der Waals surface area contributed by atoms with Gasteiger partial charge in [-0.15, -0.1) is 0 Å². The normalized spacial score (nSPS) is 12.8. The predicted molar refractivity (Wildman–Crippen MR) is 144 cm³/mol. The van der Waals surface area contributed by atoms with Crippen LogP contribution in [0.4, 0.5) is 5.69 Å². The van der Waals surface area contributed by atoms with Crippen LogP contribution in [0.2, 0.25) is 10.0 Å². The van der Waals surface area contributed by atoms with Crippen LogP contribution in [0.3, 0.4) is 0 Å². The number of halogens is 2. The molecule has 0 aromatic heterocycles. The van der Waals surface area contributed by atoms with E-state index >= 15 is 0 Å². The molecule has 0 radical (unpaired) electrons. The van der Waals surface area contributed by atoms with Gasteiger partial charge in [-0.05, 0) is 47.5 Å². The second kappa shape index (κ2) is 10.5. The molecule has 0 fully saturated rings. The van der Waals surface area contributed by atoms with Crippen molar-refractivity contribution in [1.82, 2.24) is 0 Å². The topological polar surface area (TPSA) is 53.7 Å². The Kier molecular flexibility index (Phi) is 6.99. The van der Waals surface area contributed by atoms with Gasteiger partial charge in [0.05, 0.1) is 10.7 Å². The lowest BCUT2D eigenvalue weighted by Crippen LogP contribution is -2.46. The first-order chi connectivity index (χ1) is 17.5. The van der Waals surface area contributed by atoms with Gasteiger partial charge in [-0.3, -0.25) is 0 Å². The van der Waals surface area contributed by atoms with Gasteiger partial charge in [0, 0.05) is 17.0 Å². The van der Waals surface area contributed by atoms with Crippen molar-refractivity contribution in [1.29, 1.82) is 0 Å². The Labute approximate surface area is 219 Å². The second-order valence-electron chi connectivity index (χ2n) is 8.54. The van der Waals surface area contributed by atoms with E-state index in [2.05, 4.69) is 0 Å². The summed E-state index contributed by atoms with van der Waals surface area (Å²) in [4.78, 5) is 14.7. The van der Waals surface area contributed by atoms with E-state index in [0.29, 0.717) is 21.5 Å². The lowest BCUT2D eigenvalue weighted by molar-refractivity contribution is -0.138. The molecule has 5 rings (SSSR count). The molecule has 1 N–H and O–H groups in total. The number of fused-ring (bicyclic) bond motifs is 1. The third-order valence-electron chi connectivity index (χ3n) is 6.21. The zero-order valence-corrected chi connectivity index (χ0v) is 20.7. The number of carboxylic acid groups (broad SMARTS) is 1. The molecule has 1 aliphatic carbocycles. The molecule has 0 amide bonds. The highest BCUT2D eigenvalue weighted by atomic mass is 35.5. The Hall–Kier alpha value is -3.73. The molecule has 6 heteroatoms. The van der Waals surface area contributed by atoms with Crippen molar-refractivity contribution in [3.05, 3.63) is 136 Å². The zero-order valence-electron chi connectivity index (χ0n) is 19.2. The number of nitrogens with zero attached hydrogens (tertiary/aromatic N) is 1. The van der Waals surface area contributed by atoms with Crippen molar-refractivity contribution >= 4 is 34.9 Å². The first kappa shape index (κ1) is 24.0. The number of aliphatic carboxylic acids is 1. The number of carbonyl (C=O) groups is 1. The SMILES string of the molecule is O=C(O)[C@H](Cc1ccccc1)N(c1ccc(Cl)cc1Cl)C(c1ccccc1)c1ccc2cccc-2o1. The highest BCUT2D eigenvalue weighted by Gasteiger charge is 2.36. The van der Waals surface area contributed by atoms with Gasteiger partial charge in [0.25, 0.3) is 0 Å². The van der Waals surface area contributed by atoms with Crippen molar-refractivity contribution in [2.24, 2.45) is 0 Å². The molecule has 2 atom stereocenters. The molecule has 0 bridgehead atoms. The van der Waals surface area contributed by atoms with E-state index < -0.39 is 18.1 Å². The lowest BCUT2D eigenvalue weighted by atomic mass is 9.96. The summed E-state index contributed by atoms with van der Waals surface area (Å²) in [6.07, 6.45) is 0.261. The molecule has 3 aromatic carbocycles. The summed E-state index contributed by atoms with van der Waals surface area (Å²) >= 11 is 12.9. The summed E-state index contributed by atoms with van der Waals surface area (Å²) in [7, 11) is 0. The number of hydrogen-bond acceptors (Lipinski definition) is 3. The molecule has 180 valence electrons. The van der Waals surface area contributed by atoms with Gasteiger partial charge >= 0.3 is 5.97 Å². The fourth-order valence-electron chi connectivity index (χ4n) is 4.54. The van der Waals surface area contributed by atoms with Crippen molar-refractivity contribution in [2.45, 2.75) is 18.5 Å². The third kappa shape index (κ3) is 4.97. The Morgan fingerprint density at radius 1 is 0.833 bits per heavy atom. The molecule has 0 saturated heterocycles. The molecule has 0 saturated carbocycles. The Morgan fingerprint density at radius 2 is 1.56 bits per heavy atom. The number of carboxylic acids is 1. The highest BCUT2D eigenvalue weighted by Crippen LogP contribution is 2.41. The standard InChI is InChI=1S/C30H23Cl2NO3/c31-23-15-16-25(24(32)19-23)33(26(30(34)35)18-20-8-3-1-4-9-20)29(22-10-5-2-6-11-22)28-17-14-21-12-7-13-27(21)36-28/h1-17,19,26,29H,18H2,(H,34,35)/t26-,29?/m0/s1. The molecule has 1 unspecified atom stereocenters. The van der Waals surface area contributed by atoms with Crippen molar-refractivity contribution in [3.8, 4) is 11.3 Å². The molecule has 3 aromatic rings. The fourth-order valence-corrected chi connectivity index (χ4v) is 5.05. The largest absolute Gasteiger partial charge is 0.480 e. The Morgan fingerprint density at radius 3 is 2.25 bits per heavy atom. The summed E-state index contributed by atoms with van der Waals surface area (Å²) in [5.41, 5.74) is 3.30. The lowest BCUT2D eigenvalue weighted by Gasteiger charge is -2.38. The summed E-state index contributed by atoms with van der Waals surface area (Å²) in [5, 5.41) is 11.4. The molecular formula is C30H23Cl2NO3. The fraction of sp³-hybridized carbons (Fsp3) is 0.100. The van der Waals surface area contributed by atoms with Crippen LogP contribution in [-0.2, 0) is 11.2 Å². The zero-order chi connectivity index (χ0) is 25.1. The van der Waals surface area contributed by atoms with Gasteiger partial charge in [0.1, 0.15) is 23.6 Å². The van der Waals surface area contributed by atoms with Crippen LogP contribution < -0.4 is 4.90 Å². The Bertz CT molecular complexity index is 1440. The first-order valence-electron chi connectivity index (χ1n) is 11.5. The average molecular weight is 516 g/mol. The van der Waals surface area contributed by atoms with Gasteiger partial charge in [-0.2, -0.15) is 0 Å². The summed E-state index contributed by atoms with van der Waals surface area (Å²) in [6.45, 7) is 0. The van der Waals surface area contributed by atoms with Gasteiger partial charge in [0.15, 0.2) is 0 Å². The quantitative estimate of drug-likeness (QED) is 0.227.